The van der Waals surface area contributed by atoms with E-state index in [1.165, 1.54) is 4.31 Å². The van der Waals surface area contributed by atoms with E-state index in [1.807, 2.05) is 32.0 Å². The zero-order chi connectivity index (χ0) is 21.9. The third-order valence-electron chi connectivity index (χ3n) is 5.95. The molecule has 1 aliphatic carbocycles. The van der Waals surface area contributed by atoms with Crippen LogP contribution in [0.15, 0.2) is 51.8 Å². The van der Waals surface area contributed by atoms with E-state index in [0.29, 0.717) is 0 Å². The number of carbonyl (C=O) groups excluding carboxylic acids is 1. The number of hydrogen-bond donors (Lipinski definition) is 0. The molecule has 0 atom stereocenters. The second kappa shape index (κ2) is 9.62. The molecule has 1 amide bonds. The number of halogens is 1. The summed E-state index contributed by atoms with van der Waals surface area (Å²) < 4.78 is 29.2. The molecule has 5 nitrogen and oxygen atoms in total. The van der Waals surface area contributed by atoms with Crippen molar-refractivity contribution in [3.8, 4) is 0 Å². The van der Waals surface area contributed by atoms with Gasteiger partial charge in [-0.05, 0) is 74.2 Å². The quantitative estimate of drug-likeness (QED) is 0.566. The van der Waals surface area contributed by atoms with Crippen LogP contribution in [0.1, 0.15) is 43.2 Å². The highest BCUT2D eigenvalue weighted by atomic mass is 79.9. The maximum Gasteiger partial charge on any atom is 0.243 e. The number of anilines is 1. The molecule has 30 heavy (non-hydrogen) atoms. The molecule has 1 fully saturated rings. The van der Waals surface area contributed by atoms with Crippen LogP contribution >= 0.6 is 15.9 Å². The summed E-state index contributed by atoms with van der Waals surface area (Å²) in [4.78, 5) is 14.9. The lowest BCUT2D eigenvalue weighted by Crippen LogP contribution is -2.47. The van der Waals surface area contributed by atoms with Crippen LogP contribution in [0, 0.1) is 13.8 Å². The van der Waals surface area contributed by atoms with Crippen LogP contribution in [0.4, 0.5) is 5.69 Å². The first kappa shape index (κ1) is 23.0. The number of aryl methyl sites for hydroxylation is 2. The number of amides is 1. The summed E-state index contributed by atoms with van der Waals surface area (Å²) in [5.41, 5.74) is 3.02. The molecule has 2 aromatic rings. The predicted molar refractivity (Wildman–Crippen MR) is 124 cm³/mol. The van der Waals surface area contributed by atoms with Crippen LogP contribution in [0.2, 0.25) is 0 Å². The summed E-state index contributed by atoms with van der Waals surface area (Å²) in [6, 6.07) is 12.3. The Morgan fingerprint density at radius 3 is 2.23 bits per heavy atom. The van der Waals surface area contributed by atoms with Gasteiger partial charge in [0.25, 0.3) is 0 Å². The van der Waals surface area contributed by atoms with Crippen molar-refractivity contribution in [1.82, 2.24) is 4.31 Å². The number of benzene rings is 2. The van der Waals surface area contributed by atoms with E-state index in [4.69, 9.17) is 0 Å². The first-order chi connectivity index (χ1) is 14.2. The summed E-state index contributed by atoms with van der Waals surface area (Å²) in [7, 11) is -2.07. The molecule has 3 rings (SSSR count). The van der Waals surface area contributed by atoms with Crippen molar-refractivity contribution in [3.05, 3.63) is 58.1 Å². The summed E-state index contributed by atoms with van der Waals surface area (Å²) in [5.74, 6) is -0.232. The van der Waals surface area contributed by atoms with Gasteiger partial charge in [0.05, 0.1) is 11.4 Å². The molecule has 7 heteroatoms. The van der Waals surface area contributed by atoms with Gasteiger partial charge in [-0.3, -0.25) is 4.79 Å². The standard InChI is InChI=1S/C23H29BrN2O3S/c1-17-9-12-21(15-18(17)2)25(3)23(27)16-26(20-7-5-4-6-8-20)30(28,29)22-13-10-19(24)11-14-22/h9-15,20H,4-8,16H2,1-3H3. The van der Waals surface area contributed by atoms with Gasteiger partial charge in [-0.25, -0.2) is 8.42 Å². The molecule has 1 saturated carbocycles. The highest BCUT2D eigenvalue weighted by Crippen LogP contribution is 2.29. The van der Waals surface area contributed by atoms with Gasteiger partial charge in [-0.1, -0.05) is 41.3 Å². The third kappa shape index (κ3) is 5.13. The summed E-state index contributed by atoms with van der Waals surface area (Å²) >= 11 is 3.35. The molecule has 0 heterocycles. The first-order valence-electron chi connectivity index (χ1n) is 10.3. The number of sulfonamides is 1. The number of nitrogens with zero attached hydrogens (tertiary/aromatic N) is 2. The van der Waals surface area contributed by atoms with Crippen molar-refractivity contribution >= 4 is 37.5 Å². The molecule has 0 bridgehead atoms. The Bertz CT molecular complexity index is 1000. The Hall–Kier alpha value is -1.70. The Morgan fingerprint density at radius 2 is 1.63 bits per heavy atom. The minimum Gasteiger partial charge on any atom is -0.314 e. The summed E-state index contributed by atoms with van der Waals surface area (Å²) in [6.07, 6.45) is 4.66. The molecule has 2 aromatic carbocycles. The Kier molecular flexibility index (Phi) is 7.37. The topological polar surface area (TPSA) is 57.7 Å². The lowest BCUT2D eigenvalue weighted by atomic mass is 9.95. The molecule has 0 aromatic heterocycles. The molecular weight excluding hydrogens is 464 g/mol. The normalized spacial score (nSPS) is 15.4. The average Bonchev–Trinajstić information content (AvgIpc) is 2.74. The van der Waals surface area contributed by atoms with Crippen molar-refractivity contribution in [1.29, 1.82) is 0 Å². The lowest BCUT2D eigenvalue weighted by molar-refractivity contribution is -0.119. The largest absolute Gasteiger partial charge is 0.314 e. The van der Waals surface area contributed by atoms with Crippen LogP contribution < -0.4 is 4.90 Å². The van der Waals surface area contributed by atoms with E-state index in [9.17, 15) is 13.2 Å². The maximum atomic E-state index is 13.5. The molecule has 162 valence electrons. The minimum atomic E-state index is -3.78. The van der Waals surface area contributed by atoms with Crippen LogP contribution in [0.5, 0.6) is 0 Å². The summed E-state index contributed by atoms with van der Waals surface area (Å²) in [6.45, 7) is 3.87. The number of carbonyl (C=O) groups is 1. The Labute approximate surface area is 188 Å². The van der Waals surface area contributed by atoms with Crippen molar-refractivity contribution in [3.63, 3.8) is 0 Å². The average molecular weight is 493 g/mol. The third-order valence-corrected chi connectivity index (χ3v) is 8.39. The smallest absolute Gasteiger partial charge is 0.243 e. The first-order valence-corrected chi connectivity index (χ1v) is 12.5. The van der Waals surface area contributed by atoms with Crippen LogP contribution in [-0.4, -0.2) is 38.3 Å². The second-order valence-electron chi connectivity index (χ2n) is 8.02. The van der Waals surface area contributed by atoms with Crippen molar-refractivity contribution in [2.24, 2.45) is 0 Å². The number of likely N-dealkylation sites (N-methyl/N-ethyl adjacent to an activating group) is 1. The molecule has 0 aliphatic heterocycles. The SMILES string of the molecule is Cc1ccc(N(C)C(=O)CN(C2CCCCC2)S(=O)(=O)c2ccc(Br)cc2)cc1C. The van der Waals surface area contributed by atoms with E-state index in [-0.39, 0.29) is 23.4 Å². The Morgan fingerprint density at radius 1 is 1.00 bits per heavy atom. The predicted octanol–water partition coefficient (Wildman–Crippen LogP) is 5.05. The van der Waals surface area contributed by atoms with Gasteiger partial charge in [-0.2, -0.15) is 4.31 Å². The molecule has 0 N–H and O–H groups in total. The number of rotatable bonds is 6. The highest BCUT2D eigenvalue weighted by Gasteiger charge is 2.34. The van der Waals surface area contributed by atoms with Gasteiger partial charge in [0.1, 0.15) is 0 Å². The van der Waals surface area contributed by atoms with Gasteiger partial charge in [0.15, 0.2) is 0 Å². The fourth-order valence-corrected chi connectivity index (χ4v) is 5.74. The lowest BCUT2D eigenvalue weighted by Gasteiger charge is -2.34. The molecule has 0 radical (unpaired) electrons. The molecule has 1 aliphatic rings. The van der Waals surface area contributed by atoms with Crippen molar-refractivity contribution in [2.45, 2.75) is 56.9 Å². The molecule has 0 spiro atoms. The molecular formula is C23H29BrN2O3S. The summed E-state index contributed by atoms with van der Waals surface area (Å²) in [5, 5.41) is 0. The van der Waals surface area contributed by atoms with Gasteiger partial charge in [0, 0.05) is 23.2 Å². The molecule has 0 saturated heterocycles. The van der Waals surface area contributed by atoms with E-state index in [1.54, 1.807) is 36.2 Å². The van der Waals surface area contributed by atoms with Gasteiger partial charge >= 0.3 is 0 Å². The minimum absolute atomic E-state index is 0.149. The fourth-order valence-electron chi connectivity index (χ4n) is 3.84. The van der Waals surface area contributed by atoms with E-state index in [2.05, 4.69) is 15.9 Å². The maximum absolute atomic E-state index is 13.5. The zero-order valence-corrected chi connectivity index (χ0v) is 20.2. The van der Waals surface area contributed by atoms with E-state index < -0.39 is 10.0 Å². The Balaban J connectivity index is 1.89. The second-order valence-corrected chi connectivity index (χ2v) is 10.8. The van der Waals surface area contributed by atoms with Crippen LogP contribution in [-0.2, 0) is 14.8 Å². The monoisotopic (exact) mass is 492 g/mol. The highest BCUT2D eigenvalue weighted by molar-refractivity contribution is 9.10. The van der Waals surface area contributed by atoms with Crippen molar-refractivity contribution in [2.75, 3.05) is 18.5 Å². The number of hydrogen-bond acceptors (Lipinski definition) is 3. The van der Waals surface area contributed by atoms with E-state index in [0.717, 1.165) is 53.4 Å². The van der Waals surface area contributed by atoms with Crippen LogP contribution in [0.25, 0.3) is 0 Å². The molecule has 0 unspecified atom stereocenters. The van der Waals surface area contributed by atoms with Gasteiger partial charge in [-0.15, -0.1) is 0 Å². The van der Waals surface area contributed by atoms with Gasteiger partial charge < -0.3 is 4.90 Å². The van der Waals surface area contributed by atoms with Crippen molar-refractivity contribution < 1.29 is 13.2 Å². The van der Waals surface area contributed by atoms with Gasteiger partial charge in [0.2, 0.25) is 15.9 Å². The van der Waals surface area contributed by atoms with Crippen LogP contribution in [0.3, 0.4) is 0 Å². The zero-order valence-electron chi connectivity index (χ0n) is 17.8. The fraction of sp³-hybridized carbons (Fsp3) is 0.435. The van der Waals surface area contributed by atoms with E-state index >= 15 is 0 Å².